The monoisotopic (exact) mass is 463 g/mol. The van der Waals surface area contributed by atoms with Gasteiger partial charge in [-0.05, 0) is 58.1 Å². The Bertz CT molecular complexity index is 1160. The molecule has 1 fully saturated rings. The zero-order valence-electron chi connectivity index (χ0n) is 18.1. The molecular formula is C22H24ClF2N5O2. The standard InChI is InChI=1S/C22H24ClF2N5O2/c1-22(2,3)32-21(31)29-8-4-5-13(11-29)9-15-18(25)19(23)28-20(27-15)16-10-26-17-7-6-14(24)12-30(16)17/h6-7,10,12-13H,4-5,8-9,11H2,1-3H3/t13-/m0/s1. The second kappa shape index (κ2) is 8.61. The number of carbonyl (C=O) groups is 1. The molecule has 7 nitrogen and oxygen atoms in total. The molecular weight excluding hydrogens is 440 g/mol. The van der Waals surface area contributed by atoms with E-state index in [9.17, 15) is 13.6 Å². The average Bonchev–Trinajstić information content (AvgIpc) is 3.13. The molecule has 0 aliphatic carbocycles. The summed E-state index contributed by atoms with van der Waals surface area (Å²) in [6, 6.07) is 2.83. The lowest BCUT2D eigenvalue weighted by Crippen LogP contribution is -2.43. The fourth-order valence-electron chi connectivity index (χ4n) is 3.83. The van der Waals surface area contributed by atoms with Gasteiger partial charge in [-0.1, -0.05) is 11.6 Å². The number of hydrogen-bond acceptors (Lipinski definition) is 5. The SMILES string of the molecule is CC(C)(C)OC(=O)N1CCC[C@@H](Cc2nc(-c3cnc4ccc(F)cn34)nc(Cl)c2F)C1. The maximum atomic E-state index is 14.8. The lowest BCUT2D eigenvalue weighted by molar-refractivity contribution is 0.0165. The molecule has 1 aliphatic heterocycles. The van der Waals surface area contributed by atoms with Crippen molar-refractivity contribution >= 4 is 23.3 Å². The average molecular weight is 464 g/mol. The number of nitrogens with zero attached hydrogens (tertiary/aromatic N) is 5. The number of aromatic nitrogens is 4. The van der Waals surface area contributed by atoms with Crippen LogP contribution in [0, 0.1) is 17.6 Å². The predicted molar refractivity (Wildman–Crippen MR) is 115 cm³/mol. The van der Waals surface area contributed by atoms with Gasteiger partial charge in [-0.3, -0.25) is 4.40 Å². The largest absolute Gasteiger partial charge is 0.444 e. The van der Waals surface area contributed by atoms with Crippen LogP contribution in [0.1, 0.15) is 39.3 Å². The van der Waals surface area contributed by atoms with Crippen LogP contribution < -0.4 is 0 Å². The van der Waals surface area contributed by atoms with Gasteiger partial charge in [0.05, 0.1) is 11.9 Å². The number of piperidine rings is 1. The lowest BCUT2D eigenvalue weighted by Gasteiger charge is -2.34. The van der Waals surface area contributed by atoms with Crippen LogP contribution in [0.25, 0.3) is 17.2 Å². The first-order valence-corrected chi connectivity index (χ1v) is 10.8. The summed E-state index contributed by atoms with van der Waals surface area (Å²) < 4.78 is 35.5. The van der Waals surface area contributed by atoms with E-state index in [0.717, 1.165) is 12.8 Å². The molecule has 170 valence electrons. The van der Waals surface area contributed by atoms with Crippen molar-refractivity contribution in [1.82, 2.24) is 24.3 Å². The minimum absolute atomic E-state index is 0.00999. The van der Waals surface area contributed by atoms with Crippen LogP contribution in [0.3, 0.4) is 0 Å². The Morgan fingerprint density at radius 2 is 2.06 bits per heavy atom. The van der Waals surface area contributed by atoms with Gasteiger partial charge in [-0.25, -0.2) is 28.5 Å². The van der Waals surface area contributed by atoms with E-state index in [0.29, 0.717) is 24.4 Å². The molecule has 3 aromatic heterocycles. The minimum atomic E-state index is -0.690. The number of hydrogen-bond donors (Lipinski definition) is 0. The van der Waals surface area contributed by atoms with Crippen LogP contribution in [0.5, 0.6) is 0 Å². The highest BCUT2D eigenvalue weighted by molar-refractivity contribution is 6.29. The highest BCUT2D eigenvalue weighted by Crippen LogP contribution is 2.27. The molecule has 4 rings (SSSR count). The molecule has 0 bridgehead atoms. The van der Waals surface area contributed by atoms with E-state index in [4.69, 9.17) is 16.3 Å². The summed E-state index contributed by atoms with van der Waals surface area (Å²) in [5.41, 5.74) is 0.481. The second-order valence-electron chi connectivity index (χ2n) is 8.96. The first-order valence-electron chi connectivity index (χ1n) is 10.4. The number of halogens is 3. The maximum Gasteiger partial charge on any atom is 0.410 e. The molecule has 1 saturated heterocycles. The topological polar surface area (TPSA) is 72.6 Å². The third kappa shape index (κ3) is 4.82. The first-order chi connectivity index (χ1) is 15.1. The van der Waals surface area contributed by atoms with Crippen LogP contribution in [-0.2, 0) is 11.2 Å². The summed E-state index contributed by atoms with van der Waals surface area (Å²) in [7, 11) is 0. The normalized spacial score (nSPS) is 17.1. The molecule has 0 saturated carbocycles. The van der Waals surface area contributed by atoms with E-state index < -0.39 is 17.2 Å². The van der Waals surface area contributed by atoms with Crippen LogP contribution >= 0.6 is 11.6 Å². The lowest BCUT2D eigenvalue weighted by atomic mass is 9.93. The number of carbonyl (C=O) groups excluding carboxylic acids is 1. The van der Waals surface area contributed by atoms with Crippen LogP contribution in [-0.4, -0.2) is 49.0 Å². The number of likely N-dealkylation sites (tertiary alicyclic amines) is 1. The maximum absolute atomic E-state index is 14.8. The number of imidazole rings is 1. The summed E-state index contributed by atoms with van der Waals surface area (Å²) in [4.78, 5) is 26.7. The molecule has 0 radical (unpaired) electrons. The van der Waals surface area contributed by atoms with Crippen molar-refractivity contribution in [3.05, 3.63) is 47.0 Å². The predicted octanol–water partition coefficient (Wildman–Crippen LogP) is 4.91. The van der Waals surface area contributed by atoms with Gasteiger partial charge < -0.3 is 9.64 Å². The van der Waals surface area contributed by atoms with Gasteiger partial charge in [-0.2, -0.15) is 0 Å². The van der Waals surface area contributed by atoms with Crippen LogP contribution in [0.4, 0.5) is 13.6 Å². The molecule has 4 heterocycles. The summed E-state index contributed by atoms with van der Waals surface area (Å²) in [5.74, 6) is -0.993. The van der Waals surface area contributed by atoms with E-state index in [1.807, 2.05) is 20.8 Å². The number of ether oxygens (including phenoxy) is 1. The fraction of sp³-hybridized carbons (Fsp3) is 0.455. The van der Waals surface area contributed by atoms with Gasteiger partial charge in [0, 0.05) is 19.3 Å². The third-order valence-corrected chi connectivity index (χ3v) is 5.48. The van der Waals surface area contributed by atoms with E-state index >= 15 is 0 Å². The Labute approximate surface area is 189 Å². The van der Waals surface area contributed by atoms with Gasteiger partial charge in [0.15, 0.2) is 16.8 Å². The second-order valence-corrected chi connectivity index (χ2v) is 9.31. The molecule has 32 heavy (non-hydrogen) atoms. The van der Waals surface area contributed by atoms with Crippen molar-refractivity contribution in [3.63, 3.8) is 0 Å². The molecule has 1 aliphatic rings. The molecule has 0 spiro atoms. The molecule has 10 heteroatoms. The van der Waals surface area contributed by atoms with Crippen molar-refractivity contribution < 1.29 is 18.3 Å². The van der Waals surface area contributed by atoms with Crippen molar-refractivity contribution in [2.45, 2.75) is 45.6 Å². The molecule has 0 unspecified atom stereocenters. The Hall–Kier alpha value is -2.81. The summed E-state index contributed by atoms with van der Waals surface area (Å²) in [5, 5.41) is -0.309. The van der Waals surface area contributed by atoms with Crippen molar-refractivity contribution in [3.8, 4) is 11.5 Å². The number of fused-ring (bicyclic) bond motifs is 1. The smallest absolute Gasteiger partial charge is 0.410 e. The van der Waals surface area contributed by atoms with Gasteiger partial charge in [0.25, 0.3) is 0 Å². The summed E-state index contributed by atoms with van der Waals surface area (Å²) in [6.07, 6.45) is 4.26. The van der Waals surface area contributed by atoms with E-state index in [-0.39, 0.29) is 35.1 Å². The van der Waals surface area contributed by atoms with Gasteiger partial charge in [0.2, 0.25) is 0 Å². The quantitative estimate of drug-likeness (QED) is 0.516. The van der Waals surface area contributed by atoms with Crippen molar-refractivity contribution in [2.24, 2.45) is 5.92 Å². The van der Waals surface area contributed by atoms with Crippen LogP contribution in [0.15, 0.2) is 24.5 Å². The van der Waals surface area contributed by atoms with E-state index in [2.05, 4.69) is 15.0 Å². The molecule has 0 N–H and O–H groups in total. The van der Waals surface area contributed by atoms with Crippen LogP contribution in [0.2, 0.25) is 5.15 Å². The third-order valence-electron chi connectivity index (χ3n) is 5.23. The Balaban J connectivity index is 1.58. The highest BCUT2D eigenvalue weighted by Gasteiger charge is 2.29. The Kier molecular flexibility index (Phi) is 6.03. The number of rotatable bonds is 3. The Morgan fingerprint density at radius 3 is 2.81 bits per heavy atom. The van der Waals surface area contributed by atoms with E-state index in [1.165, 1.54) is 28.9 Å². The Morgan fingerprint density at radius 1 is 1.28 bits per heavy atom. The molecule has 1 amide bonds. The zero-order valence-corrected chi connectivity index (χ0v) is 18.9. The van der Waals surface area contributed by atoms with Gasteiger partial charge >= 0.3 is 6.09 Å². The first kappa shape index (κ1) is 22.4. The molecule has 0 aromatic carbocycles. The van der Waals surface area contributed by atoms with Gasteiger partial charge in [-0.15, -0.1) is 0 Å². The molecule has 3 aromatic rings. The zero-order chi connectivity index (χ0) is 23.0. The number of amides is 1. The van der Waals surface area contributed by atoms with Crippen molar-refractivity contribution in [1.29, 1.82) is 0 Å². The minimum Gasteiger partial charge on any atom is -0.444 e. The highest BCUT2D eigenvalue weighted by atomic mass is 35.5. The van der Waals surface area contributed by atoms with Gasteiger partial charge in [0.1, 0.15) is 22.8 Å². The number of pyridine rings is 1. The van der Waals surface area contributed by atoms with Crippen molar-refractivity contribution in [2.75, 3.05) is 13.1 Å². The molecule has 1 atom stereocenters. The fourth-order valence-corrected chi connectivity index (χ4v) is 4.02. The summed E-state index contributed by atoms with van der Waals surface area (Å²) >= 11 is 6.07. The summed E-state index contributed by atoms with van der Waals surface area (Å²) in [6.45, 7) is 6.48. The van der Waals surface area contributed by atoms with E-state index in [1.54, 1.807) is 4.90 Å².